The first-order chi connectivity index (χ1) is 2.27. The molecule has 0 saturated carbocycles. The van der Waals surface area contributed by atoms with Crippen molar-refractivity contribution in [2.45, 2.75) is 6.92 Å². The maximum Gasteiger partial charge on any atom is 0.0925 e. The topological polar surface area (TPSA) is 22.3 Å². The van der Waals surface area contributed by atoms with Gasteiger partial charge in [0, 0.05) is 0 Å². The van der Waals surface area contributed by atoms with E-state index in [0.29, 0.717) is 5.04 Å². The fraction of sp³-hybridized carbons (Fsp3) is 0.667. The van der Waals surface area contributed by atoms with Gasteiger partial charge >= 0.3 is 0 Å². The summed E-state index contributed by atoms with van der Waals surface area (Å²) < 4.78 is 0. The first-order valence-electron chi connectivity index (χ1n) is 1.34. The van der Waals surface area contributed by atoms with Gasteiger partial charge in [-0.05, 0) is 13.2 Å². The van der Waals surface area contributed by atoms with E-state index in [2.05, 4.69) is 0 Å². The Morgan fingerprint density at radius 2 is 2.00 bits per heavy atom. The highest BCUT2D eigenvalue weighted by atomic mass is 32.2. The highest BCUT2D eigenvalue weighted by molar-refractivity contribution is 8.13. The van der Waals surface area contributed by atoms with Gasteiger partial charge in [0.1, 0.15) is 0 Å². The zero-order valence-electron chi connectivity index (χ0n) is 3.36. The van der Waals surface area contributed by atoms with Crippen molar-refractivity contribution in [1.82, 2.24) is 5.41 Å². The van der Waals surface area contributed by atoms with Crippen molar-refractivity contribution in [2.24, 2.45) is 0 Å². The van der Waals surface area contributed by atoms with Crippen LogP contribution < -0.4 is 5.41 Å². The zero-order chi connectivity index (χ0) is 4.28. The van der Waals surface area contributed by atoms with Crippen LogP contribution in [-0.4, -0.2) is 11.3 Å². The molecule has 0 aromatic heterocycles. The van der Waals surface area contributed by atoms with Crippen LogP contribution in [0.2, 0.25) is 0 Å². The van der Waals surface area contributed by atoms with Gasteiger partial charge in [0.2, 0.25) is 0 Å². The van der Waals surface area contributed by atoms with Gasteiger partial charge in [-0.15, -0.1) is 17.2 Å². The van der Waals surface area contributed by atoms with Gasteiger partial charge in [-0.3, -0.25) is 0 Å². The molecule has 5 heavy (non-hydrogen) atoms. The molecular formula is C3H6NS. The van der Waals surface area contributed by atoms with Gasteiger partial charge in [-0.1, -0.05) is 0 Å². The summed E-state index contributed by atoms with van der Waals surface area (Å²) in [6.45, 7) is 1.66. The summed E-state index contributed by atoms with van der Waals surface area (Å²) in [5, 5.41) is 8.66. The van der Waals surface area contributed by atoms with Crippen LogP contribution in [0, 0.1) is 0 Å². The Morgan fingerprint density at radius 1 is 1.80 bits per heavy atom. The second-order valence-corrected chi connectivity index (χ2v) is 1.72. The molecular weight excluding hydrogens is 82.1 g/mol. The first kappa shape index (κ1) is 5.02. The molecule has 1 nitrogen and oxygen atoms in total. The molecule has 0 fully saturated rings. The van der Waals surface area contributed by atoms with E-state index >= 15 is 0 Å². The lowest BCUT2D eigenvalue weighted by Gasteiger charge is -1.74. The molecule has 29 valence electrons. The predicted molar refractivity (Wildman–Crippen MR) is 26.3 cm³/mol. The third kappa shape index (κ3) is 4.02. The van der Waals surface area contributed by atoms with Crippen LogP contribution in [0.4, 0.5) is 0 Å². The van der Waals surface area contributed by atoms with Crippen molar-refractivity contribution < 1.29 is 0 Å². The summed E-state index contributed by atoms with van der Waals surface area (Å²) >= 11 is 1.35. The molecule has 0 aliphatic rings. The number of thioether (sulfide) groups is 1. The Labute approximate surface area is 36.3 Å². The predicted octanol–water partition coefficient (Wildman–Crippen LogP) is 0.568. The summed E-state index contributed by atoms with van der Waals surface area (Å²) in [7, 11) is 0. The number of hydrogen-bond acceptors (Lipinski definition) is 1. The molecule has 0 aliphatic heterocycles. The molecule has 0 aromatic carbocycles. The van der Waals surface area contributed by atoms with Crippen molar-refractivity contribution in [2.75, 3.05) is 6.26 Å². The van der Waals surface area contributed by atoms with Crippen molar-refractivity contribution in [1.29, 1.82) is 0 Å². The summed E-state index contributed by atoms with van der Waals surface area (Å²) in [5.74, 6) is 0. The van der Waals surface area contributed by atoms with Crippen LogP contribution in [0.25, 0.3) is 0 Å². The largest absolute Gasteiger partial charge is 0.148 e. The van der Waals surface area contributed by atoms with Gasteiger partial charge in [0.25, 0.3) is 0 Å². The average molecular weight is 88.2 g/mol. The number of rotatable bonds is 0. The van der Waals surface area contributed by atoms with Crippen molar-refractivity contribution in [3.8, 4) is 0 Å². The van der Waals surface area contributed by atoms with E-state index < -0.39 is 0 Å². The van der Waals surface area contributed by atoms with Crippen molar-refractivity contribution in [3.05, 3.63) is 0 Å². The smallest absolute Gasteiger partial charge is 0.0925 e. The number of hydrogen-bond donors (Lipinski definition) is 0. The van der Waals surface area contributed by atoms with Crippen LogP contribution in [0.5, 0.6) is 0 Å². The standard InChI is InChI=1S/C3H6NS/c1-3(4)5-2/h1-2H3. The lowest BCUT2D eigenvalue weighted by atomic mass is 10.9. The van der Waals surface area contributed by atoms with E-state index in [1.165, 1.54) is 11.8 Å². The third-order valence-electron chi connectivity index (χ3n) is 0.295. The van der Waals surface area contributed by atoms with Crippen LogP contribution in [0.15, 0.2) is 0 Å². The average Bonchev–Trinajstić information content (AvgIpc) is 1.38. The Bertz CT molecular complexity index is 42.2. The van der Waals surface area contributed by atoms with Crippen molar-refractivity contribution >= 4 is 16.8 Å². The van der Waals surface area contributed by atoms with E-state index in [1.807, 2.05) is 6.26 Å². The molecule has 2 heteroatoms. The highest BCUT2D eigenvalue weighted by Gasteiger charge is 1.73. The Morgan fingerprint density at radius 3 is 2.00 bits per heavy atom. The third-order valence-corrected chi connectivity index (χ3v) is 0.886. The van der Waals surface area contributed by atoms with Gasteiger partial charge < -0.3 is 0 Å². The molecule has 0 rings (SSSR count). The highest BCUT2D eigenvalue weighted by Crippen LogP contribution is 1.87. The van der Waals surface area contributed by atoms with Gasteiger partial charge in [-0.2, -0.15) is 0 Å². The molecule has 0 unspecified atom stereocenters. The van der Waals surface area contributed by atoms with Gasteiger partial charge in [-0.25, -0.2) is 0 Å². The van der Waals surface area contributed by atoms with Crippen LogP contribution in [0.1, 0.15) is 6.92 Å². The number of nitrogens with zero attached hydrogens (tertiary/aromatic N) is 1. The molecule has 0 heterocycles. The molecule has 0 N–H and O–H groups in total. The summed E-state index contributed by atoms with van der Waals surface area (Å²) in [6.07, 6.45) is 1.83. The van der Waals surface area contributed by atoms with E-state index in [0.717, 1.165) is 0 Å². The lowest BCUT2D eigenvalue weighted by Crippen LogP contribution is -1.76. The minimum absolute atomic E-state index is 0.421. The molecule has 1 radical (unpaired) electrons. The SMILES string of the molecule is CSC(C)=[N]. The normalized spacial score (nSPS) is 7.60. The molecule has 0 bridgehead atoms. The molecule has 0 aliphatic carbocycles. The maximum atomic E-state index is 8.24. The van der Waals surface area contributed by atoms with Gasteiger partial charge in [0.15, 0.2) is 0 Å². The Hall–Kier alpha value is 0.0200. The maximum absolute atomic E-state index is 8.24. The van der Waals surface area contributed by atoms with E-state index in [4.69, 9.17) is 5.41 Å². The Balaban J connectivity index is 2.85. The van der Waals surface area contributed by atoms with Crippen LogP contribution in [-0.2, 0) is 0 Å². The fourth-order valence-electron chi connectivity index (χ4n) is 0. The quantitative estimate of drug-likeness (QED) is 0.313. The molecule has 0 saturated heterocycles. The summed E-state index contributed by atoms with van der Waals surface area (Å²) in [6, 6.07) is 0. The lowest BCUT2D eigenvalue weighted by molar-refractivity contribution is 1.81. The first-order valence-corrected chi connectivity index (χ1v) is 2.56. The second-order valence-electron chi connectivity index (χ2n) is 0.723. The molecule has 0 amide bonds. The second kappa shape index (κ2) is 2.27. The fourth-order valence-corrected chi connectivity index (χ4v) is 0. The monoisotopic (exact) mass is 88.0 g/mol. The molecule has 0 spiro atoms. The molecule has 0 atom stereocenters. The van der Waals surface area contributed by atoms with Crippen molar-refractivity contribution in [3.63, 3.8) is 0 Å². The van der Waals surface area contributed by atoms with Crippen LogP contribution >= 0.6 is 11.8 Å². The summed E-state index contributed by atoms with van der Waals surface area (Å²) in [4.78, 5) is 0. The van der Waals surface area contributed by atoms with E-state index in [-0.39, 0.29) is 0 Å². The molecule has 0 aromatic rings. The van der Waals surface area contributed by atoms with E-state index in [1.54, 1.807) is 6.92 Å². The van der Waals surface area contributed by atoms with Gasteiger partial charge in [0.05, 0.1) is 5.04 Å². The minimum Gasteiger partial charge on any atom is -0.148 e. The zero-order valence-corrected chi connectivity index (χ0v) is 4.17. The minimum atomic E-state index is 0.421. The Kier molecular flexibility index (Phi) is 2.28. The van der Waals surface area contributed by atoms with E-state index in [9.17, 15) is 0 Å². The summed E-state index contributed by atoms with van der Waals surface area (Å²) in [5.41, 5.74) is 0. The van der Waals surface area contributed by atoms with Crippen LogP contribution in [0.3, 0.4) is 0 Å².